The number of sulfone groups is 1. The lowest BCUT2D eigenvalue weighted by molar-refractivity contribution is -0.142. The number of rotatable bonds is 7. The second-order valence-electron chi connectivity index (χ2n) is 10.9. The van der Waals surface area contributed by atoms with Crippen molar-refractivity contribution in [3.8, 4) is 10.6 Å². The van der Waals surface area contributed by atoms with Gasteiger partial charge in [0, 0.05) is 35.2 Å². The van der Waals surface area contributed by atoms with Crippen LogP contribution in [0.15, 0.2) is 76.7 Å². The Kier molecular flexibility index (Phi) is 7.75. The van der Waals surface area contributed by atoms with Crippen LogP contribution in [0.1, 0.15) is 43.1 Å². The number of aromatic nitrogens is 1. The van der Waals surface area contributed by atoms with Crippen LogP contribution in [0.25, 0.3) is 10.6 Å². The monoisotopic (exact) mass is 652 g/mol. The van der Waals surface area contributed by atoms with Crippen LogP contribution in [0.2, 0.25) is 0 Å². The van der Waals surface area contributed by atoms with Crippen molar-refractivity contribution in [2.24, 2.45) is 0 Å². The number of likely N-dealkylation sites (tertiary alicyclic amines) is 1. The van der Waals surface area contributed by atoms with Gasteiger partial charge in [-0.2, -0.15) is 0 Å². The van der Waals surface area contributed by atoms with Gasteiger partial charge in [0.25, 0.3) is 17.7 Å². The minimum absolute atomic E-state index is 0.0258. The molecule has 0 radical (unpaired) electrons. The molecule has 232 valence electrons. The molecule has 0 saturated carbocycles. The maximum absolute atomic E-state index is 13.8. The van der Waals surface area contributed by atoms with Gasteiger partial charge in [-0.05, 0) is 42.3 Å². The molecule has 14 heteroatoms. The molecule has 6 rings (SSSR count). The normalized spacial score (nSPS) is 18.4. The number of carbonyl (C=O) groups excluding carboxylic acids is 2. The van der Waals surface area contributed by atoms with Crippen LogP contribution < -0.4 is 10.6 Å². The van der Waals surface area contributed by atoms with Crippen molar-refractivity contribution in [1.82, 2.24) is 15.2 Å². The Morgan fingerprint density at radius 1 is 1.11 bits per heavy atom. The molecule has 0 spiro atoms. The zero-order chi connectivity index (χ0) is 32.1. The predicted molar refractivity (Wildman–Crippen MR) is 161 cm³/mol. The molecule has 3 aromatic carbocycles. The fraction of sp³-hybridized carbons (Fsp3) is 0.226. The molecule has 1 fully saturated rings. The van der Waals surface area contributed by atoms with E-state index >= 15 is 0 Å². The van der Waals surface area contributed by atoms with E-state index in [-0.39, 0.29) is 39.7 Å². The summed E-state index contributed by atoms with van der Waals surface area (Å²) in [5, 5.41) is 15.5. The lowest BCUT2D eigenvalue weighted by Crippen LogP contribution is -2.35. The Labute approximate surface area is 260 Å². The standard InChI is InChI=1S/C31H26F2N4O6S2/c1-17-21(10-11-25-26(17)36-28(39)22-4-2-3-5-24(22)45(25,42)43)27(38)34-13-20-14-35-29(44-20)19-8-6-18(7-9-19)15-37-16-31(32,33)12-23(37)30(40)41/h2-11,14,23H,12-13,15-16H2,1H3,(H,34,38)(H,36,39)(H,40,41)/t23-/m0/s1. The molecule has 0 bridgehead atoms. The zero-order valence-electron chi connectivity index (χ0n) is 23.7. The van der Waals surface area contributed by atoms with Gasteiger partial charge in [-0.1, -0.05) is 36.4 Å². The summed E-state index contributed by atoms with van der Waals surface area (Å²) >= 11 is 1.34. The van der Waals surface area contributed by atoms with Gasteiger partial charge in [0.05, 0.1) is 34.1 Å². The van der Waals surface area contributed by atoms with Crippen molar-refractivity contribution in [2.45, 2.75) is 48.2 Å². The third-order valence-corrected chi connectivity index (χ3v) is 10.7. The van der Waals surface area contributed by atoms with Crippen LogP contribution in [0.5, 0.6) is 0 Å². The van der Waals surface area contributed by atoms with Crippen LogP contribution >= 0.6 is 11.3 Å². The SMILES string of the molecule is Cc1c(C(=O)NCc2cnc(-c3ccc(CN4CC(F)(F)C[C@H]4C(=O)O)cc3)s2)ccc2c1NC(=O)c1ccccc1S2(=O)=O. The Morgan fingerprint density at radius 2 is 1.84 bits per heavy atom. The van der Waals surface area contributed by atoms with Gasteiger partial charge in [0.1, 0.15) is 11.0 Å². The second kappa shape index (κ2) is 11.4. The molecule has 2 amide bonds. The Balaban J connectivity index is 1.13. The van der Waals surface area contributed by atoms with E-state index in [1.165, 1.54) is 40.5 Å². The third-order valence-electron chi connectivity index (χ3n) is 7.84. The highest BCUT2D eigenvalue weighted by Crippen LogP contribution is 2.37. The Bertz CT molecular complexity index is 1960. The number of amides is 2. The molecule has 2 aliphatic heterocycles. The van der Waals surface area contributed by atoms with E-state index in [1.54, 1.807) is 49.5 Å². The first kappa shape index (κ1) is 30.5. The van der Waals surface area contributed by atoms with Crippen LogP contribution in [0.3, 0.4) is 0 Å². The number of halogens is 2. The van der Waals surface area contributed by atoms with Crippen LogP contribution in [-0.4, -0.2) is 59.7 Å². The van der Waals surface area contributed by atoms with Gasteiger partial charge in [-0.25, -0.2) is 22.2 Å². The molecule has 1 saturated heterocycles. The second-order valence-corrected chi connectivity index (χ2v) is 13.9. The first-order valence-electron chi connectivity index (χ1n) is 13.8. The molecular weight excluding hydrogens is 626 g/mol. The third kappa shape index (κ3) is 5.83. The number of carbonyl (C=O) groups is 3. The average Bonchev–Trinajstić information content (AvgIpc) is 3.58. The van der Waals surface area contributed by atoms with Crippen molar-refractivity contribution in [2.75, 3.05) is 11.9 Å². The number of alkyl halides is 2. The molecular formula is C31H26F2N4O6S2. The Morgan fingerprint density at radius 3 is 2.58 bits per heavy atom. The van der Waals surface area contributed by atoms with Gasteiger partial charge in [-0.15, -0.1) is 11.3 Å². The molecule has 10 nitrogen and oxygen atoms in total. The van der Waals surface area contributed by atoms with Crippen molar-refractivity contribution in [3.05, 3.63) is 94.0 Å². The maximum atomic E-state index is 13.8. The Hall–Kier alpha value is -4.53. The van der Waals surface area contributed by atoms with Crippen molar-refractivity contribution in [1.29, 1.82) is 0 Å². The van der Waals surface area contributed by atoms with E-state index in [9.17, 15) is 36.7 Å². The molecule has 0 unspecified atom stereocenters. The van der Waals surface area contributed by atoms with Gasteiger partial charge < -0.3 is 15.7 Å². The number of thiazole rings is 1. The number of nitrogens with one attached hydrogen (secondary N) is 2. The van der Waals surface area contributed by atoms with Gasteiger partial charge in [0.2, 0.25) is 9.84 Å². The molecule has 3 N–H and O–H groups in total. The van der Waals surface area contributed by atoms with Crippen LogP contribution in [-0.2, 0) is 27.7 Å². The molecule has 1 aromatic heterocycles. The summed E-state index contributed by atoms with van der Waals surface area (Å²) in [5.74, 6) is -5.36. The molecule has 4 aromatic rings. The van der Waals surface area contributed by atoms with Gasteiger partial charge in [-0.3, -0.25) is 19.3 Å². The lowest BCUT2D eigenvalue weighted by atomic mass is 10.1. The summed E-state index contributed by atoms with van der Waals surface area (Å²) in [4.78, 5) is 43.7. The minimum Gasteiger partial charge on any atom is -0.480 e. The number of aliphatic carboxylic acids is 1. The van der Waals surface area contributed by atoms with E-state index in [2.05, 4.69) is 15.6 Å². The van der Waals surface area contributed by atoms with E-state index < -0.39 is 52.6 Å². The highest BCUT2D eigenvalue weighted by Gasteiger charge is 2.48. The number of nitrogens with zero attached hydrogens (tertiary/aromatic N) is 2. The number of benzene rings is 3. The number of hydrogen-bond acceptors (Lipinski definition) is 8. The number of anilines is 1. The molecule has 45 heavy (non-hydrogen) atoms. The predicted octanol–water partition coefficient (Wildman–Crippen LogP) is 4.74. The highest BCUT2D eigenvalue weighted by molar-refractivity contribution is 7.91. The summed E-state index contributed by atoms with van der Waals surface area (Å²) in [5.41, 5.74) is 2.06. The molecule has 2 aliphatic rings. The number of hydrogen-bond donors (Lipinski definition) is 3. The zero-order valence-corrected chi connectivity index (χ0v) is 25.3. The summed E-state index contributed by atoms with van der Waals surface area (Å²) in [6, 6.07) is 14.5. The van der Waals surface area contributed by atoms with E-state index in [0.717, 1.165) is 10.4 Å². The maximum Gasteiger partial charge on any atom is 0.321 e. The van der Waals surface area contributed by atoms with Crippen molar-refractivity contribution < 1.29 is 36.7 Å². The van der Waals surface area contributed by atoms with Crippen LogP contribution in [0.4, 0.5) is 14.5 Å². The quantitative estimate of drug-likeness (QED) is 0.260. The van der Waals surface area contributed by atoms with Gasteiger partial charge in [0.15, 0.2) is 0 Å². The van der Waals surface area contributed by atoms with E-state index in [4.69, 9.17) is 0 Å². The van der Waals surface area contributed by atoms with E-state index in [0.29, 0.717) is 16.1 Å². The fourth-order valence-electron chi connectivity index (χ4n) is 5.57. The number of fused-ring (bicyclic) bond motifs is 2. The van der Waals surface area contributed by atoms with Gasteiger partial charge >= 0.3 is 5.97 Å². The first-order valence-corrected chi connectivity index (χ1v) is 16.1. The summed E-state index contributed by atoms with van der Waals surface area (Å²) in [6.45, 7) is 1.18. The topological polar surface area (TPSA) is 146 Å². The van der Waals surface area contributed by atoms with E-state index in [1.807, 2.05) is 0 Å². The largest absolute Gasteiger partial charge is 0.480 e. The summed E-state index contributed by atoms with van der Waals surface area (Å²) in [7, 11) is -4.01. The highest BCUT2D eigenvalue weighted by atomic mass is 32.2. The molecule has 3 heterocycles. The fourth-order valence-corrected chi connectivity index (χ4v) is 8.09. The molecule has 1 atom stereocenters. The molecule has 0 aliphatic carbocycles. The smallest absolute Gasteiger partial charge is 0.321 e. The number of carboxylic acids is 1. The number of carboxylic acid groups (broad SMARTS) is 1. The summed E-state index contributed by atoms with van der Waals surface area (Å²) < 4.78 is 54.3. The first-order chi connectivity index (χ1) is 21.3. The lowest BCUT2D eigenvalue weighted by Gasteiger charge is -2.20. The van der Waals surface area contributed by atoms with Crippen molar-refractivity contribution in [3.63, 3.8) is 0 Å². The van der Waals surface area contributed by atoms with Crippen molar-refractivity contribution >= 4 is 44.6 Å². The van der Waals surface area contributed by atoms with Crippen LogP contribution in [0, 0.1) is 6.92 Å². The average molecular weight is 653 g/mol. The minimum atomic E-state index is -4.01. The summed E-state index contributed by atoms with van der Waals surface area (Å²) in [6.07, 6.45) is 0.907.